The van der Waals surface area contributed by atoms with Crippen molar-refractivity contribution in [2.24, 2.45) is 11.8 Å². The summed E-state index contributed by atoms with van der Waals surface area (Å²) >= 11 is 0. The first-order valence-corrected chi connectivity index (χ1v) is 13.5. The van der Waals surface area contributed by atoms with Gasteiger partial charge >= 0.3 is 6.09 Å². The van der Waals surface area contributed by atoms with Gasteiger partial charge in [-0.25, -0.2) is 4.79 Å². The lowest BCUT2D eigenvalue weighted by Crippen LogP contribution is -2.56. The normalized spacial score (nSPS) is 20.5. The Labute approximate surface area is 217 Å². The van der Waals surface area contributed by atoms with Crippen LogP contribution in [0.1, 0.15) is 98.2 Å². The molecule has 1 saturated carbocycles. The van der Waals surface area contributed by atoms with Crippen molar-refractivity contribution in [2.75, 3.05) is 0 Å². The molecular formula is C29H47N3O4. The minimum Gasteiger partial charge on any atom is -0.444 e. The fourth-order valence-corrected chi connectivity index (χ4v) is 4.46. The first kappa shape index (κ1) is 29.7. The number of ether oxygens (including phenoxy) is 1. The molecule has 6 unspecified atom stereocenters. The summed E-state index contributed by atoms with van der Waals surface area (Å²) in [6.07, 6.45) is 2.70. The largest absolute Gasteiger partial charge is 0.444 e. The summed E-state index contributed by atoms with van der Waals surface area (Å²) in [5.41, 5.74) is 1.17. The third kappa shape index (κ3) is 8.24. The maximum absolute atomic E-state index is 14.2. The second-order valence-corrected chi connectivity index (χ2v) is 11.5. The van der Waals surface area contributed by atoms with E-state index in [1.54, 1.807) is 25.7 Å². The molecule has 1 aliphatic carbocycles. The highest BCUT2D eigenvalue weighted by molar-refractivity contribution is 5.93. The van der Waals surface area contributed by atoms with Crippen LogP contribution in [0.15, 0.2) is 24.3 Å². The zero-order valence-electron chi connectivity index (χ0n) is 23.7. The molecule has 1 aromatic rings. The molecule has 2 rings (SSSR count). The van der Waals surface area contributed by atoms with Crippen LogP contribution in [0.5, 0.6) is 0 Å². The lowest BCUT2D eigenvalue weighted by molar-refractivity contribution is -0.144. The molecule has 2 N–H and O–H groups in total. The standard InChI is InChI=1S/C29H47N3O4/c1-10-12-21(6)30-26(33)25(22-15-13-18(3)14-16-22)32(23-17-20(23)5)27(34)24(19(4)11-2)31-28(35)36-29(7,8)9/h13-16,19-21,23-25H,10-12,17H2,1-9H3,(H,30,33)(H,31,35). The van der Waals surface area contributed by atoms with Crippen molar-refractivity contribution < 1.29 is 19.1 Å². The van der Waals surface area contributed by atoms with E-state index in [-0.39, 0.29) is 35.7 Å². The number of carbonyl (C=O) groups is 3. The Hall–Kier alpha value is -2.57. The number of alkyl carbamates (subject to hydrolysis) is 1. The number of hydrogen-bond donors (Lipinski definition) is 2. The molecule has 1 fully saturated rings. The third-order valence-electron chi connectivity index (χ3n) is 6.86. The van der Waals surface area contributed by atoms with E-state index < -0.39 is 23.8 Å². The van der Waals surface area contributed by atoms with Gasteiger partial charge in [0, 0.05) is 12.1 Å². The molecule has 3 amide bonds. The monoisotopic (exact) mass is 501 g/mol. The predicted molar refractivity (Wildman–Crippen MR) is 143 cm³/mol. The van der Waals surface area contributed by atoms with Crippen LogP contribution in [-0.4, -0.2) is 46.5 Å². The Kier molecular flexibility index (Phi) is 10.4. The summed E-state index contributed by atoms with van der Waals surface area (Å²) in [6.45, 7) is 17.5. The van der Waals surface area contributed by atoms with Crippen molar-refractivity contribution in [3.63, 3.8) is 0 Å². The highest BCUT2D eigenvalue weighted by atomic mass is 16.6. The van der Waals surface area contributed by atoms with E-state index in [1.807, 2.05) is 52.0 Å². The molecule has 0 heterocycles. The molecule has 1 aromatic carbocycles. The molecule has 0 spiro atoms. The second-order valence-electron chi connectivity index (χ2n) is 11.5. The Bertz CT molecular complexity index is 893. The van der Waals surface area contributed by atoms with Crippen LogP contribution in [0.2, 0.25) is 0 Å². The molecule has 0 aliphatic heterocycles. The highest BCUT2D eigenvalue weighted by Crippen LogP contribution is 2.41. The molecule has 6 atom stereocenters. The summed E-state index contributed by atoms with van der Waals surface area (Å²) in [5.74, 6) is -0.287. The number of benzene rings is 1. The average molecular weight is 502 g/mol. The Morgan fingerprint density at radius 2 is 1.67 bits per heavy atom. The number of carbonyl (C=O) groups excluding carboxylic acids is 3. The van der Waals surface area contributed by atoms with E-state index in [2.05, 4.69) is 24.5 Å². The fourth-order valence-electron chi connectivity index (χ4n) is 4.46. The number of rotatable bonds is 11. The fraction of sp³-hybridized carbons (Fsp3) is 0.690. The number of nitrogens with one attached hydrogen (secondary N) is 2. The quantitative estimate of drug-likeness (QED) is 0.418. The number of aryl methyl sites for hydroxylation is 1. The van der Waals surface area contributed by atoms with Gasteiger partial charge < -0.3 is 20.3 Å². The molecule has 0 radical (unpaired) electrons. The van der Waals surface area contributed by atoms with Crippen LogP contribution < -0.4 is 10.6 Å². The van der Waals surface area contributed by atoms with Gasteiger partial charge in [-0.05, 0) is 64.9 Å². The molecule has 36 heavy (non-hydrogen) atoms. The molecular weight excluding hydrogens is 454 g/mol. The number of nitrogens with zero attached hydrogens (tertiary/aromatic N) is 1. The number of amides is 3. The van der Waals surface area contributed by atoms with Gasteiger partial charge in [0.15, 0.2) is 0 Å². The van der Waals surface area contributed by atoms with Crippen molar-refractivity contribution in [3.8, 4) is 0 Å². The molecule has 202 valence electrons. The van der Waals surface area contributed by atoms with Crippen molar-refractivity contribution in [2.45, 2.75) is 118 Å². The maximum atomic E-state index is 14.2. The van der Waals surface area contributed by atoms with Gasteiger partial charge in [-0.2, -0.15) is 0 Å². The molecule has 0 saturated heterocycles. The Morgan fingerprint density at radius 1 is 1.08 bits per heavy atom. The summed E-state index contributed by atoms with van der Waals surface area (Å²) in [4.78, 5) is 42.4. The molecule has 7 heteroatoms. The molecule has 0 aromatic heterocycles. The average Bonchev–Trinajstić information content (AvgIpc) is 3.50. The van der Waals surface area contributed by atoms with Crippen LogP contribution in [0, 0.1) is 18.8 Å². The lowest BCUT2D eigenvalue weighted by atomic mass is 9.95. The second kappa shape index (κ2) is 12.6. The van der Waals surface area contributed by atoms with E-state index in [4.69, 9.17) is 4.74 Å². The van der Waals surface area contributed by atoms with Crippen LogP contribution in [0.3, 0.4) is 0 Å². The van der Waals surface area contributed by atoms with Crippen LogP contribution >= 0.6 is 0 Å². The smallest absolute Gasteiger partial charge is 0.408 e. The van der Waals surface area contributed by atoms with Crippen LogP contribution in [0.4, 0.5) is 4.79 Å². The molecule has 1 aliphatic rings. The van der Waals surface area contributed by atoms with Gasteiger partial charge in [0.1, 0.15) is 17.7 Å². The Morgan fingerprint density at radius 3 is 2.14 bits per heavy atom. The van der Waals surface area contributed by atoms with E-state index in [9.17, 15) is 14.4 Å². The van der Waals surface area contributed by atoms with E-state index >= 15 is 0 Å². The van der Waals surface area contributed by atoms with Crippen molar-refractivity contribution in [1.82, 2.24) is 15.5 Å². The van der Waals surface area contributed by atoms with Gasteiger partial charge in [0.25, 0.3) is 0 Å². The van der Waals surface area contributed by atoms with Crippen LogP contribution in [0.25, 0.3) is 0 Å². The first-order valence-electron chi connectivity index (χ1n) is 13.5. The zero-order valence-corrected chi connectivity index (χ0v) is 23.7. The van der Waals surface area contributed by atoms with Crippen molar-refractivity contribution in [1.29, 1.82) is 0 Å². The van der Waals surface area contributed by atoms with E-state index in [0.29, 0.717) is 6.42 Å². The molecule has 0 bridgehead atoms. The molecule has 7 nitrogen and oxygen atoms in total. The summed E-state index contributed by atoms with van der Waals surface area (Å²) in [6, 6.07) is 6.14. The van der Waals surface area contributed by atoms with Gasteiger partial charge in [-0.1, -0.05) is 70.4 Å². The number of hydrogen-bond acceptors (Lipinski definition) is 4. The predicted octanol–water partition coefficient (Wildman–Crippen LogP) is 5.52. The van der Waals surface area contributed by atoms with Gasteiger partial charge in [-0.15, -0.1) is 0 Å². The van der Waals surface area contributed by atoms with E-state index in [1.165, 1.54) is 0 Å². The summed E-state index contributed by atoms with van der Waals surface area (Å²) in [7, 11) is 0. The SMILES string of the molecule is CCCC(C)NC(=O)C(c1ccc(C)cc1)N(C(=O)C(NC(=O)OC(C)(C)C)C(C)CC)C1CC1C. The third-order valence-corrected chi connectivity index (χ3v) is 6.86. The first-order chi connectivity index (χ1) is 16.8. The topological polar surface area (TPSA) is 87.7 Å². The van der Waals surface area contributed by atoms with Gasteiger partial charge in [0.2, 0.25) is 11.8 Å². The highest BCUT2D eigenvalue weighted by Gasteiger charge is 2.49. The minimum atomic E-state index is -0.800. The van der Waals surface area contributed by atoms with Crippen molar-refractivity contribution in [3.05, 3.63) is 35.4 Å². The summed E-state index contributed by atoms with van der Waals surface area (Å²) < 4.78 is 5.48. The lowest BCUT2D eigenvalue weighted by Gasteiger charge is -2.37. The maximum Gasteiger partial charge on any atom is 0.408 e. The van der Waals surface area contributed by atoms with E-state index in [0.717, 1.165) is 30.4 Å². The Balaban J connectivity index is 2.49. The van der Waals surface area contributed by atoms with Gasteiger partial charge in [-0.3, -0.25) is 9.59 Å². The zero-order chi connectivity index (χ0) is 27.2. The van der Waals surface area contributed by atoms with Crippen molar-refractivity contribution >= 4 is 17.9 Å². The minimum absolute atomic E-state index is 0.00530. The van der Waals surface area contributed by atoms with Crippen LogP contribution in [-0.2, 0) is 14.3 Å². The summed E-state index contributed by atoms with van der Waals surface area (Å²) in [5, 5.41) is 5.97. The van der Waals surface area contributed by atoms with Gasteiger partial charge in [0.05, 0.1) is 0 Å².